The summed E-state index contributed by atoms with van der Waals surface area (Å²) >= 11 is 0. The molecule has 0 fully saturated rings. The lowest BCUT2D eigenvalue weighted by Crippen LogP contribution is -2.07. The van der Waals surface area contributed by atoms with Crippen LogP contribution >= 0.6 is 0 Å². The van der Waals surface area contributed by atoms with Gasteiger partial charge in [-0.15, -0.1) is 0 Å². The van der Waals surface area contributed by atoms with Crippen LogP contribution in [-0.2, 0) is 6.61 Å². The predicted molar refractivity (Wildman–Crippen MR) is 71.5 cm³/mol. The van der Waals surface area contributed by atoms with E-state index in [0.29, 0.717) is 12.5 Å². The summed E-state index contributed by atoms with van der Waals surface area (Å²) in [6.45, 7) is 0.390. The highest BCUT2D eigenvalue weighted by atomic mass is 19.1. The fourth-order valence-electron chi connectivity index (χ4n) is 2.44. The second-order valence-electron chi connectivity index (χ2n) is 4.62. The van der Waals surface area contributed by atoms with Gasteiger partial charge in [0.15, 0.2) is 0 Å². The molecule has 0 saturated carbocycles. The molecule has 0 bridgehead atoms. The number of hydrogen-bond acceptors (Lipinski definition) is 3. The molecule has 4 nitrogen and oxygen atoms in total. The lowest BCUT2D eigenvalue weighted by Gasteiger charge is -2.20. The molecule has 4 rings (SSSR count). The zero-order chi connectivity index (χ0) is 13.5. The summed E-state index contributed by atoms with van der Waals surface area (Å²) in [5, 5.41) is 6.88. The smallest absolute Gasteiger partial charge is 0.224 e. The monoisotopic (exact) mass is 267 g/mol. The molecule has 0 unspecified atom stereocenters. The van der Waals surface area contributed by atoms with Gasteiger partial charge >= 0.3 is 0 Å². The average Bonchev–Trinajstić information content (AvgIpc) is 3.00. The average molecular weight is 267 g/mol. The van der Waals surface area contributed by atoms with Crippen molar-refractivity contribution < 1.29 is 9.13 Å². The molecule has 20 heavy (non-hydrogen) atoms. The minimum atomic E-state index is -0.527. The van der Waals surface area contributed by atoms with E-state index in [1.165, 1.54) is 6.07 Å². The first-order valence-corrected chi connectivity index (χ1v) is 6.24. The van der Waals surface area contributed by atoms with Gasteiger partial charge in [0.1, 0.15) is 6.61 Å². The van der Waals surface area contributed by atoms with Gasteiger partial charge in [-0.05, 0) is 41.0 Å². The summed E-state index contributed by atoms with van der Waals surface area (Å²) < 4.78 is 18.6. The first-order valence-electron chi connectivity index (χ1n) is 6.24. The van der Waals surface area contributed by atoms with Gasteiger partial charge in [-0.1, -0.05) is 12.1 Å². The lowest BCUT2D eigenvalue weighted by molar-refractivity contribution is 0.285. The minimum absolute atomic E-state index is 0.354. The Morgan fingerprint density at radius 3 is 2.85 bits per heavy atom. The first kappa shape index (κ1) is 11.2. The van der Waals surface area contributed by atoms with Crippen molar-refractivity contribution in [3.05, 3.63) is 54.1 Å². The van der Waals surface area contributed by atoms with E-state index in [1.54, 1.807) is 12.3 Å². The molecule has 0 spiro atoms. The second kappa shape index (κ2) is 4.16. The third-order valence-corrected chi connectivity index (χ3v) is 3.40. The van der Waals surface area contributed by atoms with Crippen LogP contribution in [-0.4, -0.2) is 15.2 Å². The molecule has 1 aliphatic heterocycles. The topological polar surface area (TPSA) is 50.8 Å². The molecule has 1 aromatic carbocycles. The van der Waals surface area contributed by atoms with Gasteiger partial charge in [-0.2, -0.15) is 14.5 Å². The number of nitrogens with one attached hydrogen (secondary N) is 1. The minimum Gasteiger partial charge on any atom is -0.472 e. The summed E-state index contributed by atoms with van der Waals surface area (Å²) in [6.07, 6.45) is 1.72. The van der Waals surface area contributed by atoms with E-state index in [9.17, 15) is 4.39 Å². The molecular weight excluding hydrogens is 257 g/mol. The molecule has 0 amide bonds. The molecule has 0 atom stereocenters. The van der Waals surface area contributed by atoms with Crippen molar-refractivity contribution in [3.8, 4) is 28.3 Å². The Bertz CT molecular complexity index is 784. The Hall–Kier alpha value is -2.69. The first-order chi connectivity index (χ1) is 9.81. The fourth-order valence-corrected chi connectivity index (χ4v) is 2.44. The van der Waals surface area contributed by atoms with Crippen molar-refractivity contribution in [1.82, 2.24) is 15.2 Å². The third-order valence-electron chi connectivity index (χ3n) is 3.40. The quantitative estimate of drug-likeness (QED) is 0.689. The number of fused-ring (bicyclic) bond motifs is 3. The highest BCUT2D eigenvalue weighted by Gasteiger charge is 2.19. The van der Waals surface area contributed by atoms with E-state index in [1.807, 2.05) is 18.2 Å². The molecule has 2 aromatic heterocycles. The van der Waals surface area contributed by atoms with Crippen LogP contribution in [0.3, 0.4) is 0 Å². The molecule has 0 saturated heterocycles. The zero-order valence-electron chi connectivity index (χ0n) is 10.4. The van der Waals surface area contributed by atoms with Gasteiger partial charge < -0.3 is 4.74 Å². The largest absolute Gasteiger partial charge is 0.472 e. The summed E-state index contributed by atoms with van der Waals surface area (Å²) in [6, 6.07) is 11.0. The van der Waals surface area contributed by atoms with Gasteiger partial charge in [0, 0.05) is 11.8 Å². The maximum Gasteiger partial charge on any atom is 0.224 e. The van der Waals surface area contributed by atoms with Gasteiger partial charge in [0.25, 0.3) is 0 Å². The Morgan fingerprint density at radius 2 is 2.00 bits per heavy atom. The number of aromatic amines is 1. The zero-order valence-corrected chi connectivity index (χ0v) is 10.4. The number of benzene rings is 1. The Morgan fingerprint density at radius 1 is 1.10 bits per heavy atom. The molecule has 3 aromatic rings. The number of aromatic nitrogens is 3. The molecule has 1 aliphatic rings. The maximum absolute atomic E-state index is 13.1. The van der Waals surface area contributed by atoms with Crippen molar-refractivity contribution in [2.45, 2.75) is 6.61 Å². The highest BCUT2D eigenvalue weighted by molar-refractivity contribution is 5.76. The predicted octanol–water partition coefficient (Wildman–Crippen LogP) is 3.17. The Balaban J connectivity index is 1.85. The van der Waals surface area contributed by atoms with Crippen LogP contribution < -0.4 is 4.74 Å². The molecular formula is C15H10FN3O. The maximum atomic E-state index is 13.1. The SMILES string of the molecule is Fc1ccc2c(n1)OCc1cc(-c3ccn[nH]3)ccc1-2. The van der Waals surface area contributed by atoms with Crippen LogP contribution in [0, 0.1) is 5.95 Å². The number of nitrogens with zero attached hydrogens (tertiary/aromatic N) is 2. The van der Waals surface area contributed by atoms with E-state index < -0.39 is 5.95 Å². The highest BCUT2D eigenvalue weighted by Crippen LogP contribution is 2.37. The van der Waals surface area contributed by atoms with E-state index in [2.05, 4.69) is 21.2 Å². The fraction of sp³-hybridized carbons (Fsp3) is 0.0667. The number of H-pyrrole nitrogens is 1. The number of halogens is 1. The molecule has 98 valence electrons. The van der Waals surface area contributed by atoms with E-state index in [0.717, 1.165) is 27.9 Å². The van der Waals surface area contributed by atoms with Crippen molar-refractivity contribution >= 4 is 0 Å². The van der Waals surface area contributed by atoms with Gasteiger partial charge in [-0.25, -0.2) is 0 Å². The van der Waals surface area contributed by atoms with Crippen molar-refractivity contribution in [2.75, 3.05) is 0 Å². The molecule has 5 heteroatoms. The molecule has 1 N–H and O–H groups in total. The number of ether oxygens (including phenoxy) is 1. The standard InChI is InChI=1S/C15H10FN3O/c16-14-4-3-12-11-2-1-9(13-5-6-17-19-13)7-10(11)8-20-15(12)18-14/h1-7H,8H2,(H,17,19). The number of pyridine rings is 1. The van der Waals surface area contributed by atoms with Crippen molar-refractivity contribution in [1.29, 1.82) is 0 Å². The van der Waals surface area contributed by atoms with Gasteiger partial charge in [0.05, 0.1) is 5.69 Å². The van der Waals surface area contributed by atoms with Gasteiger partial charge in [0.2, 0.25) is 11.8 Å². The number of rotatable bonds is 1. The van der Waals surface area contributed by atoms with Crippen LogP contribution in [0.5, 0.6) is 5.88 Å². The summed E-state index contributed by atoms with van der Waals surface area (Å²) in [4.78, 5) is 3.78. The van der Waals surface area contributed by atoms with Gasteiger partial charge in [-0.3, -0.25) is 5.10 Å². The van der Waals surface area contributed by atoms with Crippen molar-refractivity contribution in [2.24, 2.45) is 0 Å². The molecule has 3 heterocycles. The second-order valence-corrected chi connectivity index (χ2v) is 4.62. The lowest BCUT2D eigenvalue weighted by atomic mass is 9.96. The summed E-state index contributed by atoms with van der Waals surface area (Å²) in [7, 11) is 0. The van der Waals surface area contributed by atoms with Crippen LogP contribution in [0.15, 0.2) is 42.6 Å². The summed E-state index contributed by atoms with van der Waals surface area (Å²) in [5.74, 6) is -0.173. The van der Waals surface area contributed by atoms with E-state index in [-0.39, 0.29) is 0 Å². The normalized spacial score (nSPS) is 12.4. The van der Waals surface area contributed by atoms with E-state index >= 15 is 0 Å². The van der Waals surface area contributed by atoms with Crippen LogP contribution in [0.1, 0.15) is 5.56 Å². The van der Waals surface area contributed by atoms with E-state index in [4.69, 9.17) is 4.74 Å². The Labute approximate surface area is 114 Å². The molecule has 0 radical (unpaired) electrons. The van der Waals surface area contributed by atoms with Crippen molar-refractivity contribution in [3.63, 3.8) is 0 Å². The van der Waals surface area contributed by atoms with Crippen LogP contribution in [0.2, 0.25) is 0 Å². The summed E-state index contributed by atoms with van der Waals surface area (Å²) in [5.41, 5.74) is 4.91. The third kappa shape index (κ3) is 1.67. The Kier molecular flexibility index (Phi) is 2.32. The molecule has 0 aliphatic carbocycles. The number of hydrogen-bond donors (Lipinski definition) is 1. The van der Waals surface area contributed by atoms with Crippen LogP contribution in [0.25, 0.3) is 22.4 Å². The van der Waals surface area contributed by atoms with Crippen LogP contribution in [0.4, 0.5) is 4.39 Å².